The zero-order chi connectivity index (χ0) is 9.54. The molecule has 0 radical (unpaired) electrons. The summed E-state index contributed by atoms with van der Waals surface area (Å²) in [5.74, 6) is 0. The number of aromatic amines is 1. The smallest absolute Gasteiger partial charge is 0.0636 e. The Morgan fingerprint density at radius 1 is 1.21 bits per heavy atom. The van der Waals surface area contributed by atoms with E-state index < -0.39 is 0 Å². The van der Waals surface area contributed by atoms with Gasteiger partial charge < -0.3 is 10.3 Å². The lowest BCUT2D eigenvalue weighted by atomic mass is 10.0. The summed E-state index contributed by atoms with van der Waals surface area (Å²) in [6, 6.07) is 8.80. The summed E-state index contributed by atoms with van der Waals surface area (Å²) in [5, 5.41) is 4.60. The van der Waals surface area contributed by atoms with Gasteiger partial charge in [0.25, 0.3) is 0 Å². The molecule has 1 atom stereocenters. The highest BCUT2D eigenvalue weighted by Crippen LogP contribution is 2.29. The number of fused-ring (bicyclic) bond motifs is 3. The number of benzene rings is 1. The van der Waals surface area contributed by atoms with E-state index in [2.05, 4.69) is 47.6 Å². The molecular formula is C12H12N2. The van der Waals surface area contributed by atoms with Crippen LogP contribution < -0.4 is 5.32 Å². The lowest BCUT2D eigenvalue weighted by Gasteiger charge is -2.15. The van der Waals surface area contributed by atoms with E-state index in [0.717, 1.165) is 0 Å². The van der Waals surface area contributed by atoms with E-state index in [1.165, 1.54) is 22.2 Å². The first-order valence-electron chi connectivity index (χ1n) is 4.89. The monoisotopic (exact) mass is 184 g/mol. The maximum Gasteiger partial charge on any atom is 0.0636 e. The van der Waals surface area contributed by atoms with Gasteiger partial charge in [-0.3, -0.25) is 0 Å². The highest BCUT2D eigenvalue weighted by molar-refractivity contribution is 5.91. The number of nitrogens with one attached hydrogen (secondary N) is 2. The quantitative estimate of drug-likeness (QED) is 0.647. The van der Waals surface area contributed by atoms with Crippen molar-refractivity contribution >= 4 is 17.0 Å². The summed E-state index contributed by atoms with van der Waals surface area (Å²) in [6.07, 6.45) is 4.15. The normalized spacial score (nSPS) is 19.4. The Morgan fingerprint density at radius 2 is 2.07 bits per heavy atom. The van der Waals surface area contributed by atoms with Gasteiger partial charge in [-0.1, -0.05) is 18.2 Å². The number of para-hydroxylation sites is 1. The van der Waals surface area contributed by atoms with Gasteiger partial charge in [-0.2, -0.15) is 0 Å². The van der Waals surface area contributed by atoms with E-state index in [9.17, 15) is 0 Å². The number of hydrogen-bond donors (Lipinski definition) is 2. The second kappa shape index (κ2) is 2.64. The van der Waals surface area contributed by atoms with E-state index in [4.69, 9.17) is 0 Å². The van der Waals surface area contributed by atoms with Crippen LogP contribution in [-0.2, 0) is 0 Å². The van der Waals surface area contributed by atoms with Gasteiger partial charge in [0.2, 0.25) is 0 Å². The van der Waals surface area contributed by atoms with E-state index in [1.54, 1.807) is 0 Å². The van der Waals surface area contributed by atoms with Crippen molar-refractivity contribution in [1.82, 2.24) is 10.3 Å². The fourth-order valence-corrected chi connectivity index (χ4v) is 2.06. The third kappa shape index (κ3) is 0.909. The van der Waals surface area contributed by atoms with Crippen molar-refractivity contribution in [1.29, 1.82) is 0 Å². The molecule has 3 rings (SSSR count). The fraction of sp³-hybridized carbons (Fsp3) is 0.167. The fourth-order valence-electron chi connectivity index (χ4n) is 2.06. The van der Waals surface area contributed by atoms with Crippen molar-refractivity contribution in [3.05, 3.63) is 41.7 Å². The van der Waals surface area contributed by atoms with Gasteiger partial charge >= 0.3 is 0 Å². The minimum absolute atomic E-state index is 0.377. The van der Waals surface area contributed by atoms with Crippen LogP contribution in [0.2, 0.25) is 0 Å². The van der Waals surface area contributed by atoms with Gasteiger partial charge in [0, 0.05) is 22.2 Å². The number of hydrogen-bond acceptors (Lipinski definition) is 1. The van der Waals surface area contributed by atoms with Crippen LogP contribution in [0.5, 0.6) is 0 Å². The Balaban J connectivity index is 2.39. The average Bonchev–Trinajstić information content (AvgIpc) is 2.59. The largest absolute Gasteiger partial charge is 0.383 e. The molecule has 0 spiro atoms. The molecule has 1 aliphatic heterocycles. The van der Waals surface area contributed by atoms with Crippen molar-refractivity contribution in [3.8, 4) is 0 Å². The summed E-state index contributed by atoms with van der Waals surface area (Å²) >= 11 is 0. The van der Waals surface area contributed by atoms with Gasteiger partial charge in [0.15, 0.2) is 0 Å². The molecule has 0 saturated carbocycles. The molecule has 0 saturated heterocycles. The highest BCUT2D eigenvalue weighted by Gasteiger charge is 2.16. The first-order valence-corrected chi connectivity index (χ1v) is 4.89. The minimum Gasteiger partial charge on any atom is -0.383 e. The highest BCUT2D eigenvalue weighted by atomic mass is 14.9. The predicted molar refractivity (Wildman–Crippen MR) is 58.9 cm³/mol. The van der Waals surface area contributed by atoms with Gasteiger partial charge in [-0.15, -0.1) is 0 Å². The molecule has 2 N–H and O–H groups in total. The standard InChI is InChI=1S/C12H12N2/c1-8-12-10(6-7-13-8)9-4-2-3-5-11(9)14-12/h2-8,13-14H,1H3/t8-/m0/s1. The van der Waals surface area contributed by atoms with Gasteiger partial charge in [0.1, 0.15) is 0 Å². The molecule has 0 amide bonds. The molecule has 2 heteroatoms. The van der Waals surface area contributed by atoms with Crippen LogP contribution in [0.25, 0.3) is 17.0 Å². The molecular weight excluding hydrogens is 172 g/mol. The van der Waals surface area contributed by atoms with Crippen LogP contribution >= 0.6 is 0 Å². The van der Waals surface area contributed by atoms with Crippen LogP contribution in [0, 0.1) is 0 Å². The van der Waals surface area contributed by atoms with E-state index in [-0.39, 0.29) is 0 Å². The number of rotatable bonds is 0. The molecule has 70 valence electrons. The van der Waals surface area contributed by atoms with Crippen molar-refractivity contribution in [3.63, 3.8) is 0 Å². The molecule has 0 aliphatic carbocycles. The first kappa shape index (κ1) is 7.68. The molecule has 2 nitrogen and oxygen atoms in total. The number of H-pyrrole nitrogens is 1. The van der Waals surface area contributed by atoms with Gasteiger partial charge in [0.05, 0.1) is 6.04 Å². The first-order chi connectivity index (χ1) is 6.86. The van der Waals surface area contributed by atoms with Crippen LogP contribution in [0.15, 0.2) is 30.5 Å². The second-order valence-electron chi connectivity index (χ2n) is 3.72. The molecule has 0 unspecified atom stereocenters. The van der Waals surface area contributed by atoms with Crippen molar-refractivity contribution in [2.45, 2.75) is 13.0 Å². The molecule has 1 aliphatic rings. The molecule has 1 aromatic carbocycles. The van der Waals surface area contributed by atoms with E-state index >= 15 is 0 Å². The molecule has 1 aromatic heterocycles. The van der Waals surface area contributed by atoms with Crippen molar-refractivity contribution in [2.24, 2.45) is 0 Å². The van der Waals surface area contributed by atoms with Crippen molar-refractivity contribution in [2.75, 3.05) is 0 Å². The topological polar surface area (TPSA) is 27.8 Å². The Labute approximate surface area is 82.6 Å². The molecule has 2 aromatic rings. The lowest BCUT2D eigenvalue weighted by Crippen LogP contribution is -2.15. The van der Waals surface area contributed by atoms with E-state index in [1.807, 2.05) is 6.20 Å². The van der Waals surface area contributed by atoms with E-state index in [0.29, 0.717) is 6.04 Å². The van der Waals surface area contributed by atoms with Crippen molar-refractivity contribution < 1.29 is 0 Å². The third-order valence-corrected chi connectivity index (χ3v) is 2.81. The molecule has 0 bridgehead atoms. The average molecular weight is 184 g/mol. The summed E-state index contributed by atoms with van der Waals surface area (Å²) in [7, 11) is 0. The molecule has 2 heterocycles. The summed E-state index contributed by atoms with van der Waals surface area (Å²) in [6.45, 7) is 2.16. The van der Waals surface area contributed by atoms with Gasteiger partial charge in [-0.25, -0.2) is 0 Å². The second-order valence-corrected chi connectivity index (χ2v) is 3.72. The van der Waals surface area contributed by atoms with Crippen LogP contribution in [-0.4, -0.2) is 4.98 Å². The Hall–Kier alpha value is -1.70. The Kier molecular flexibility index (Phi) is 1.45. The molecule has 0 fully saturated rings. The lowest BCUT2D eigenvalue weighted by molar-refractivity contribution is 0.663. The van der Waals surface area contributed by atoms with Gasteiger partial charge in [-0.05, 0) is 25.3 Å². The number of aromatic nitrogens is 1. The zero-order valence-electron chi connectivity index (χ0n) is 8.04. The summed E-state index contributed by atoms with van der Waals surface area (Å²) in [5.41, 5.74) is 3.83. The SMILES string of the molecule is C[C@@H]1NC=Cc2c1[nH]c1ccccc21. The minimum atomic E-state index is 0.377. The summed E-state index contributed by atoms with van der Waals surface area (Å²) in [4.78, 5) is 3.45. The third-order valence-electron chi connectivity index (χ3n) is 2.81. The van der Waals surface area contributed by atoms with Crippen LogP contribution in [0.4, 0.5) is 0 Å². The Bertz CT molecular complexity index is 508. The Morgan fingerprint density at radius 3 is 3.00 bits per heavy atom. The maximum atomic E-state index is 3.45. The predicted octanol–water partition coefficient (Wildman–Crippen LogP) is 2.80. The van der Waals surface area contributed by atoms with Crippen LogP contribution in [0.3, 0.4) is 0 Å². The maximum absolute atomic E-state index is 3.45. The molecule has 14 heavy (non-hydrogen) atoms. The summed E-state index contributed by atoms with van der Waals surface area (Å²) < 4.78 is 0. The van der Waals surface area contributed by atoms with Crippen LogP contribution in [0.1, 0.15) is 24.2 Å². The zero-order valence-corrected chi connectivity index (χ0v) is 8.04.